The van der Waals surface area contributed by atoms with Crippen LogP contribution < -0.4 is 16.2 Å². The van der Waals surface area contributed by atoms with Gasteiger partial charge in [-0.3, -0.25) is 0 Å². The first kappa shape index (κ1) is 13.8. The Kier molecular flexibility index (Phi) is 4.33. The number of nitrogen functional groups attached to an aromatic ring is 1. The van der Waals surface area contributed by atoms with Crippen molar-refractivity contribution in [3.05, 3.63) is 18.2 Å². The van der Waals surface area contributed by atoms with Crippen LogP contribution in [0, 0.1) is 0 Å². The smallest absolute Gasteiger partial charge is 0.238 e. The number of hydrogen-bond acceptors (Lipinski definition) is 5. The minimum atomic E-state index is -3.72. The molecule has 0 bridgehead atoms. The van der Waals surface area contributed by atoms with Gasteiger partial charge in [0.25, 0.3) is 0 Å². The topological polar surface area (TPSA) is 118 Å². The van der Waals surface area contributed by atoms with E-state index < -0.39 is 16.1 Å². The number of nitrogens with two attached hydrogens (primary N) is 2. The van der Waals surface area contributed by atoms with E-state index in [0.29, 0.717) is 24.3 Å². The number of aliphatic hydroxyl groups is 1. The molecule has 0 saturated carbocycles. The van der Waals surface area contributed by atoms with E-state index in [-0.39, 0.29) is 4.90 Å². The summed E-state index contributed by atoms with van der Waals surface area (Å²) in [6, 6.07) is 4.24. The first-order valence-corrected chi connectivity index (χ1v) is 6.69. The van der Waals surface area contributed by atoms with Crippen molar-refractivity contribution < 1.29 is 13.5 Å². The SMILES string of the molecule is CC(O)CCNc1ccc(S(N)(=O)=O)cc1N. The molecule has 0 fully saturated rings. The highest BCUT2D eigenvalue weighted by molar-refractivity contribution is 7.89. The van der Waals surface area contributed by atoms with Crippen LogP contribution in [0.1, 0.15) is 13.3 Å². The zero-order valence-corrected chi connectivity index (χ0v) is 10.4. The van der Waals surface area contributed by atoms with Crippen LogP contribution in [0.15, 0.2) is 23.1 Å². The summed E-state index contributed by atoms with van der Waals surface area (Å²) >= 11 is 0. The molecule has 0 spiro atoms. The lowest BCUT2D eigenvalue weighted by Crippen LogP contribution is -2.14. The van der Waals surface area contributed by atoms with Gasteiger partial charge in [0, 0.05) is 6.54 Å². The third-order valence-corrected chi connectivity index (χ3v) is 3.14. The average molecular weight is 259 g/mol. The molecule has 0 aromatic heterocycles. The first-order chi connectivity index (χ1) is 7.80. The Morgan fingerprint density at radius 1 is 1.47 bits per heavy atom. The second kappa shape index (κ2) is 5.35. The Bertz CT molecular complexity index is 486. The quantitative estimate of drug-likeness (QED) is 0.559. The Balaban J connectivity index is 2.77. The van der Waals surface area contributed by atoms with E-state index in [1.807, 2.05) is 0 Å². The largest absolute Gasteiger partial charge is 0.397 e. The van der Waals surface area contributed by atoms with Crippen LogP contribution in [0.2, 0.25) is 0 Å². The number of benzene rings is 1. The van der Waals surface area contributed by atoms with Gasteiger partial charge in [-0.25, -0.2) is 13.6 Å². The Morgan fingerprint density at radius 3 is 2.59 bits per heavy atom. The van der Waals surface area contributed by atoms with Gasteiger partial charge < -0.3 is 16.2 Å². The van der Waals surface area contributed by atoms with Crippen LogP contribution in [0.25, 0.3) is 0 Å². The molecule has 0 aliphatic rings. The van der Waals surface area contributed by atoms with Crippen molar-refractivity contribution in [1.82, 2.24) is 0 Å². The van der Waals surface area contributed by atoms with E-state index in [1.165, 1.54) is 12.1 Å². The van der Waals surface area contributed by atoms with E-state index in [0.717, 1.165) is 0 Å². The standard InChI is InChI=1S/C10H17N3O3S/c1-7(14)4-5-13-10-3-2-8(6-9(10)11)17(12,15)16/h2-3,6-7,13-14H,4-5,11H2,1H3,(H2,12,15,16). The molecule has 0 aliphatic carbocycles. The summed E-state index contributed by atoms with van der Waals surface area (Å²) in [7, 11) is -3.72. The molecule has 1 unspecified atom stereocenters. The molecule has 0 saturated heterocycles. The fourth-order valence-corrected chi connectivity index (χ4v) is 1.84. The predicted molar refractivity (Wildman–Crippen MR) is 67.0 cm³/mol. The van der Waals surface area contributed by atoms with Crippen LogP contribution in [0.4, 0.5) is 11.4 Å². The van der Waals surface area contributed by atoms with Crippen molar-refractivity contribution in [2.75, 3.05) is 17.6 Å². The third kappa shape index (κ3) is 4.22. The number of sulfonamides is 1. The van der Waals surface area contributed by atoms with Crippen molar-refractivity contribution in [2.24, 2.45) is 5.14 Å². The van der Waals surface area contributed by atoms with Gasteiger partial charge in [-0.1, -0.05) is 0 Å². The number of anilines is 2. The third-order valence-electron chi connectivity index (χ3n) is 2.23. The zero-order chi connectivity index (χ0) is 13.1. The maximum absolute atomic E-state index is 11.1. The van der Waals surface area contributed by atoms with Gasteiger partial charge in [0.1, 0.15) is 0 Å². The molecule has 0 heterocycles. The van der Waals surface area contributed by atoms with Gasteiger partial charge in [0.15, 0.2) is 0 Å². The van der Waals surface area contributed by atoms with Crippen LogP contribution in [-0.2, 0) is 10.0 Å². The van der Waals surface area contributed by atoms with E-state index in [9.17, 15) is 8.42 Å². The molecule has 6 N–H and O–H groups in total. The molecule has 0 aliphatic heterocycles. The number of hydrogen-bond donors (Lipinski definition) is 4. The molecular formula is C10H17N3O3S. The molecule has 1 atom stereocenters. The second-order valence-corrected chi connectivity index (χ2v) is 5.42. The normalized spacial score (nSPS) is 13.4. The fourth-order valence-electron chi connectivity index (χ4n) is 1.29. The lowest BCUT2D eigenvalue weighted by molar-refractivity contribution is 0.189. The van der Waals surface area contributed by atoms with Crippen molar-refractivity contribution in [2.45, 2.75) is 24.3 Å². The number of primary sulfonamides is 1. The van der Waals surface area contributed by atoms with E-state index >= 15 is 0 Å². The van der Waals surface area contributed by atoms with Crippen molar-refractivity contribution in [3.8, 4) is 0 Å². The van der Waals surface area contributed by atoms with Crippen molar-refractivity contribution >= 4 is 21.4 Å². The van der Waals surface area contributed by atoms with E-state index in [4.69, 9.17) is 16.0 Å². The molecule has 96 valence electrons. The Labute approximate surface area is 101 Å². The van der Waals surface area contributed by atoms with Gasteiger partial charge in [-0.2, -0.15) is 0 Å². The molecule has 17 heavy (non-hydrogen) atoms. The van der Waals surface area contributed by atoms with Crippen LogP contribution in [0.5, 0.6) is 0 Å². The first-order valence-electron chi connectivity index (χ1n) is 5.15. The summed E-state index contributed by atoms with van der Waals surface area (Å²) in [4.78, 5) is -0.0175. The monoisotopic (exact) mass is 259 g/mol. The van der Waals surface area contributed by atoms with Crippen molar-refractivity contribution in [1.29, 1.82) is 0 Å². The lowest BCUT2D eigenvalue weighted by atomic mass is 10.2. The number of aliphatic hydroxyl groups excluding tert-OH is 1. The molecule has 1 rings (SSSR count). The highest BCUT2D eigenvalue weighted by Crippen LogP contribution is 2.21. The highest BCUT2D eigenvalue weighted by atomic mass is 32.2. The summed E-state index contributed by atoms with van der Waals surface area (Å²) < 4.78 is 22.1. The molecule has 0 amide bonds. The maximum Gasteiger partial charge on any atom is 0.238 e. The summed E-state index contributed by atoms with van der Waals surface area (Å²) in [5.74, 6) is 0. The van der Waals surface area contributed by atoms with Gasteiger partial charge in [0.05, 0.1) is 22.4 Å². The molecule has 0 radical (unpaired) electrons. The number of nitrogens with one attached hydrogen (secondary N) is 1. The molecule has 1 aromatic carbocycles. The second-order valence-electron chi connectivity index (χ2n) is 3.86. The highest BCUT2D eigenvalue weighted by Gasteiger charge is 2.09. The van der Waals surface area contributed by atoms with Crippen LogP contribution in [-0.4, -0.2) is 26.2 Å². The fraction of sp³-hybridized carbons (Fsp3) is 0.400. The van der Waals surface area contributed by atoms with E-state index in [2.05, 4.69) is 5.32 Å². The molecule has 7 heteroatoms. The molecule has 6 nitrogen and oxygen atoms in total. The van der Waals surface area contributed by atoms with E-state index in [1.54, 1.807) is 13.0 Å². The van der Waals surface area contributed by atoms with Gasteiger partial charge in [0.2, 0.25) is 10.0 Å². The molecule has 1 aromatic rings. The van der Waals surface area contributed by atoms with Crippen LogP contribution in [0.3, 0.4) is 0 Å². The minimum absolute atomic E-state index is 0.0175. The zero-order valence-electron chi connectivity index (χ0n) is 9.55. The summed E-state index contributed by atoms with van der Waals surface area (Å²) in [5, 5.41) is 17.1. The van der Waals surface area contributed by atoms with Gasteiger partial charge in [-0.05, 0) is 31.5 Å². The Morgan fingerprint density at radius 2 is 2.12 bits per heavy atom. The van der Waals surface area contributed by atoms with Gasteiger partial charge in [-0.15, -0.1) is 0 Å². The average Bonchev–Trinajstić information content (AvgIpc) is 2.18. The Hall–Kier alpha value is -1.31. The van der Waals surface area contributed by atoms with Crippen molar-refractivity contribution in [3.63, 3.8) is 0 Å². The summed E-state index contributed by atoms with van der Waals surface area (Å²) in [5.41, 5.74) is 6.62. The van der Waals surface area contributed by atoms with Crippen LogP contribution >= 0.6 is 0 Å². The lowest BCUT2D eigenvalue weighted by Gasteiger charge is -2.11. The maximum atomic E-state index is 11.1. The van der Waals surface area contributed by atoms with Gasteiger partial charge >= 0.3 is 0 Å². The summed E-state index contributed by atoms with van der Waals surface area (Å²) in [6.07, 6.45) is 0.184. The summed E-state index contributed by atoms with van der Waals surface area (Å²) in [6.45, 7) is 2.24. The predicted octanol–water partition coefficient (Wildman–Crippen LogP) is 0.0990. The number of rotatable bonds is 5. The minimum Gasteiger partial charge on any atom is -0.397 e. The molecular weight excluding hydrogens is 242 g/mol.